The second-order valence-corrected chi connectivity index (χ2v) is 7.41. The van der Waals surface area contributed by atoms with Gasteiger partial charge in [0.1, 0.15) is 0 Å². The SMILES string of the molecule is CCCC(C)OC(=O)c1cc(S(=O)(=O)Cl)c(C)cc1C. The second kappa shape index (κ2) is 6.59. The molecule has 0 aliphatic heterocycles. The number of benzene rings is 1. The van der Waals surface area contributed by atoms with Crippen molar-refractivity contribution in [1.82, 2.24) is 0 Å². The van der Waals surface area contributed by atoms with Crippen molar-refractivity contribution in [2.75, 3.05) is 0 Å². The topological polar surface area (TPSA) is 60.4 Å². The van der Waals surface area contributed by atoms with Crippen LogP contribution in [0.5, 0.6) is 0 Å². The van der Waals surface area contributed by atoms with Crippen molar-refractivity contribution in [2.45, 2.75) is 51.5 Å². The summed E-state index contributed by atoms with van der Waals surface area (Å²) >= 11 is 0. The zero-order valence-corrected chi connectivity index (χ0v) is 13.6. The van der Waals surface area contributed by atoms with Crippen molar-refractivity contribution < 1.29 is 17.9 Å². The Morgan fingerprint density at radius 1 is 1.30 bits per heavy atom. The highest BCUT2D eigenvalue weighted by molar-refractivity contribution is 8.13. The van der Waals surface area contributed by atoms with E-state index in [9.17, 15) is 13.2 Å². The lowest BCUT2D eigenvalue weighted by molar-refractivity contribution is 0.0322. The minimum atomic E-state index is -3.88. The molecule has 0 radical (unpaired) electrons. The first-order valence-corrected chi connectivity index (χ1v) is 8.74. The van der Waals surface area contributed by atoms with Gasteiger partial charge in [0.05, 0.1) is 16.6 Å². The zero-order valence-electron chi connectivity index (χ0n) is 12.1. The van der Waals surface area contributed by atoms with E-state index in [0.29, 0.717) is 11.1 Å². The molecule has 1 aromatic carbocycles. The van der Waals surface area contributed by atoms with Crippen LogP contribution < -0.4 is 0 Å². The van der Waals surface area contributed by atoms with E-state index < -0.39 is 15.0 Å². The van der Waals surface area contributed by atoms with Crippen LogP contribution in [0.2, 0.25) is 0 Å². The predicted octanol–water partition coefficient (Wildman–Crippen LogP) is 3.58. The van der Waals surface area contributed by atoms with E-state index in [1.807, 2.05) is 13.8 Å². The Morgan fingerprint density at radius 3 is 2.40 bits per heavy atom. The number of hydrogen-bond donors (Lipinski definition) is 0. The van der Waals surface area contributed by atoms with Crippen LogP contribution in [0.15, 0.2) is 17.0 Å². The molecule has 0 aliphatic rings. The summed E-state index contributed by atoms with van der Waals surface area (Å²) in [6, 6.07) is 2.91. The normalized spacial score (nSPS) is 13.1. The van der Waals surface area contributed by atoms with Crippen molar-refractivity contribution >= 4 is 25.7 Å². The first-order chi connectivity index (χ1) is 9.16. The van der Waals surface area contributed by atoms with Crippen LogP contribution >= 0.6 is 10.7 Å². The van der Waals surface area contributed by atoms with Gasteiger partial charge in [-0.05, 0) is 44.4 Å². The van der Waals surface area contributed by atoms with Gasteiger partial charge in [-0.15, -0.1) is 0 Å². The zero-order chi connectivity index (χ0) is 15.5. The predicted molar refractivity (Wildman–Crippen MR) is 78.7 cm³/mol. The van der Waals surface area contributed by atoms with Gasteiger partial charge in [-0.1, -0.05) is 19.4 Å². The molecule has 4 nitrogen and oxygen atoms in total. The van der Waals surface area contributed by atoms with E-state index in [1.54, 1.807) is 19.9 Å². The Labute approximate surface area is 124 Å². The highest BCUT2D eigenvalue weighted by atomic mass is 35.7. The molecule has 0 amide bonds. The molecular weight excluding hydrogens is 300 g/mol. The van der Waals surface area contributed by atoms with Gasteiger partial charge in [0.25, 0.3) is 9.05 Å². The summed E-state index contributed by atoms with van der Waals surface area (Å²) in [4.78, 5) is 12.0. The minimum absolute atomic E-state index is 0.0557. The Balaban J connectivity index is 3.16. The quantitative estimate of drug-likeness (QED) is 0.615. The largest absolute Gasteiger partial charge is 0.459 e. The van der Waals surface area contributed by atoms with E-state index in [2.05, 4.69) is 0 Å². The monoisotopic (exact) mass is 318 g/mol. The fraction of sp³-hybridized carbons (Fsp3) is 0.500. The number of halogens is 1. The van der Waals surface area contributed by atoms with Gasteiger partial charge in [0.15, 0.2) is 0 Å². The van der Waals surface area contributed by atoms with E-state index in [1.165, 1.54) is 6.07 Å². The summed E-state index contributed by atoms with van der Waals surface area (Å²) in [7, 11) is 1.49. The molecule has 0 fully saturated rings. The van der Waals surface area contributed by atoms with Crippen LogP contribution in [0, 0.1) is 13.8 Å². The maximum atomic E-state index is 12.1. The summed E-state index contributed by atoms with van der Waals surface area (Å²) in [5, 5.41) is 0. The fourth-order valence-electron chi connectivity index (χ4n) is 2.03. The third-order valence-electron chi connectivity index (χ3n) is 3.01. The third kappa shape index (κ3) is 4.21. The highest BCUT2D eigenvalue weighted by Gasteiger charge is 2.20. The van der Waals surface area contributed by atoms with E-state index in [0.717, 1.165) is 12.8 Å². The van der Waals surface area contributed by atoms with Gasteiger partial charge in [-0.3, -0.25) is 0 Å². The van der Waals surface area contributed by atoms with Crippen LogP contribution in [-0.2, 0) is 13.8 Å². The van der Waals surface area contributed by atoms with Crippen LogP contribution in [0.4, 0.5) is 0 Å². The van der Waals surface area contributed by atoms with Crippen molar-refractivity contribution in [1.29, 1.82) is 0 Å². The molecule has 0 bridgehead atoms. The maximum absolute atomic E-state index is 12.1. The molecule has 0 saturated heterocycles. The summed E-state index contributed by atoms with van der Waals surface area (Å²) in [5.41, 5.74) is 1.41. The number of esters is 1. The molecule has 0 saturated carbocycles. The first kappa shape index (κ1) is 17.0. The molecule has 1 atom stereocenters. The molecule has 0 aromatic heterocycles. The number of ether oxygens (including phenoxy) is 1. The average Bonchev–Trinajstić information content (AvgIpc) is 2.26. The number of carbonyl (C=O) groups is 1. The fourth-order valence-corrected chi connectivity index (χ4v) is 3.23. The summed E-state index contributed by atoms with van der Waals surface area (Å²) in [6.45, 7) is 7.18. The van der Waals surface area contributed by atoms with Crippen molar-refractivity contribution in [3.63, 3.8) is 0 Å². The summed E-state index contributed by atoms with van der Waals surface area (Å²) in [5.74, 6) is -0.523. The van der Waals surface area contributed by atoms with Crippen LogP contribution in [-0.4, -0.2) is 20.5 Å². The lowest BCUT2D eigenvalue weighted by Crippen LogP contribution is -2.16. The number of hydrogen-bond acceptors (Lipinski definition) is 4. The second-order valence-electron chi connectivity index (χ2n) is 4.88. The number of carbonyl (C=O) groups excluding carboxylic acids is 1. The molecule has 0 aliphatic carbocycles. The lowest BCUT2D eigenvalue weighted by Gasteiger charge is -2.14. The van der Waals surface area contributed by atoms with Gasteiger partial charge in [-0.2, -0.15) is 0 Å². The molecule has 1 aromatic rings. The number of rotatable bonds is 5. The Kier molecular flexibility index (Phi) is 5.59. The van der Waals surface area contributed by atoms with Crippen LogP contribution in [0.3, 0.4) is 0 Å². The van der Waals surface area contributed by atoms with Crippen molar-refractivity contribution in [3.05, 3.63) is 28.8 Å². The third-order valence-corrected chi connectivity index (χ3v) is 4.47. The molecule has 1 unspecified atom stereocenters. The molecule has 0 N–H and O–H groups in total. The molecule has 20 heavy (non-hydrogen) atoms. The Morgan fingerprint density at radius 2 is 1.90 bits per heavy atom. The number of aryl methyl sites for hydroxylation is 2. The Bertz CT molecular complexity index is 608. The van der Waals surface area contributed by atoms with Gasteiger partial charge in [0, 0.05) is 10.7 Å². The summed E-state index contributed by atoms with van der Waals surface area (Å²) < 4.78 is 28.2. The van der Waals surface area contributed by atoms with E-state index >= 15 is 0 Å². The van der Waals surface area contributed by atoms with Gasteiger partial charge in [-0.25, -0.2) is 13.2 Å². The molecule has 0 spiro atoms. The molecular formula is C14H19ClO4S. The maximum Gasteiger partial charge on any atom is 0.338 e. The lowest BCUT2D eigenvalue weighted by atomic mass is 10.1. The average molecular weight is 319 g/mol. The molecule has 112 valence electrons. The highest BCUT2D eigenvalue weighted by Crippen LogP contribution is 2.24. The molecule has 6 heteroatoms. The molecule has 0 heterocycles. The van der Waals surface area contributed by atoms with Crippen molar-refractivity contribution in [2.24, 2.45) is 0 Å². The Hall–Kier alpha value is -1.07. The van der Waals surface area contributed by atoms with Gasteiger partial charge < -0.3 is 4.74 Å². The smallest absolute Gasteiger partial charge is 0.338 e. The minimum Gasteiger partial charge on any atom is -0.459 e. The molecule has 1 rings (SSSR count). The first-order valence-electron chi connectivity index (χ1n) is 6.43. The van der Waals surface area contributed by atoms with Crippen LogP contribution in [0.1, 0.15) is 48.2 Å². The summed E-state index contributed by atoms with van der Waals surface area (Å²) in [6.07, 6.45) is 1.46. The van der Waals surface area contributed by atoms with E-state index in [-0.39, 0.29) is 16.6 Å². The van der Waals surface area contributed by atoms with Crippen molar-refractivity contribution in [3.8, 4) is 0 Å². The van der Waals surface area contributed by atoms with Gasteiger partial charge in [0.2, 0.25) is 0 Å². The van der Waals surface area contributed by atoms with Gasteiger partial charge >= 0.3 is 5.97 Å². The standard InChI is InChI=1S/C14H19ClO4S/c1-5-6-11(4)19-14(16)12-8-13(20(15,17)18)10(3)7-9(12)2/h7-8,11H,5-6H2,1-4H3. The van der Waals surface area contributed by atoms with E-state index in [4.69, 9.17) is 15.4 Å². The van der Waals surface area contributed by atoms with Crippen LogP contribution in [0.25, 0.3) is 0 Å².